The molecule has 0 aliphatic carbocycles. The number of esters is 2. The number of amides is 2. The SMILES string of the molecule is COC(=O)CCCCCCCC(CCCCCCCO)NC(=O)CCCC(=O)NC(CCCCCCCO)CCCCCCCC(=O)OC. The van der Waals surface area contributed by atoms with E-state index in [4.69, 9.17) is 19.7 Å². The van der Waals surface area contributed by atoms with E-state index in [1.807, 2.05) is 0 Å². The third-order valence-electron chi connectivity index (χ3n) is 9.28. The largest absolute Gasteiger partial charge is 0.469 e. The van der Waals surface area contributed by atoms with Crippen LogP contribution < -0.4 is 10.6 Å². The van der Waals surface area contributed by atoms with Crippen molar-refractivity contribution in [2.45, 2.75) is 198 Å². The molecule has 0 saturated heterocycles. The van der Waals surface area contributed by atoms with Gasteiger partial charge in [0, 0.05) is 51.0 Å². The van der Waals surface area contributed by atoms with Crippen molar-refractivity contribution in [3.63, 3.8) is 0 Å². The summed E-state index contributed by atoms with van der Waals surface area (Å²) in [5, 5.41) is 24.5. The van der Waals surface area contributed by atoms with E-state index < -0.39 is 0 Å². The number of hydrogen-bond donors (Lipinski definition) is 4. The van der Waals surface area contributed by atoms with Crippen LogP contribution in [0.25, 0.3) is 0 Å². The van der Waals surface area contributed by atoms with Gasteiger partial charge in [0.15, 0.2) is 0 Å². The number of ether oxygens (including phenoxy) is 2. The van der Waals surface area contributed by atoms with Gasteiger partial charge in [0.25, 0.3) is 0 Å². The quantitative estimate of drug-likeness (QED) is 0.0386. The summed E-state index contributed by atoms with van der Waals surface area (Å²) in [6, 6.07) is 0.271. The van der Waals surface area contributed by atoms with Crippen LogP contribution in [0.3, 0.4) is 0 Å². The van der Waals surface area contributed by atoms with Crippen molar-refractivity contribution < 1.29 is 38.9 Å². The van der Waals surface area contributed by atoms with Crippen molar-refractivity contribution in [2.24, 2.45) is 0 Å². The lowest BCUT2D eigenvalue weighted by atomic mass is 9.99. The average molecular weight is 699 g/mol. The lowest BCUT2D eigenvalue weighted by Crippen LogP contribution is -2.36. The van der Waals surface area contributed by atoms with Crippen molar-refractivity contribution in [1.29, 1.82) is 0 Å². The highest BCUT2D eigenvalue weighted by Crippen LogP contribution is 2.17. The minimum atomic E-state index is -0.155. The van der Waals surface area contributed by atoms with Gasteiger partial charge in [0.1, 0.15) is 0 Å². The zero-order chi connectivity index (χ0) is 36.2. The molecular formula is C39H74N2O8. The Morgan fingerprint density at radius 1 is 0.408 bits per heavy atom. The molecule has 0 aromatic rings. The Bertz CT molecular complexity index is 746. The average Bonchev–Trinajstić information content (AvgIpc) is 3.09. The third kappa shape index (κ3) is 32.7. The van der Waals surface area contributed by atoms with E-state index >= 15 is 0 Å². The fourth-order valence-corrected chi connectivity index (χ4v) is 6.24. The van der Waals surface area contributed by atoms with Crippen LogP contribution in [0, 0.1) is 0 Å². The summed E-state index contributed by atoms with van der Waals surface area (Å²) in [6.45, 7) is 0.480. The second kappa shape index (κ2) is 35.6. The van der Waals surface area contributed by atoms with E-state index in [-0.39, 0.29) is 49.1 Å². The lowest BCUT2D eigenvalue weighted by Gasteiger charge is -2.20. The summed E-state index contributed by atoms with van der Waals surface area (Å²) in [7, 11) is 2.84. The first kappa shape index (κ1) is 46.8. The zero-order valence-electron chi connectivity index (χ0n) is 31.4. The molecule has 0 bridgehead atoms. The van der Waals surface area contributed by atoms with Crippen molar-refractivity contribution >= 4 is 23.8 Å². The Labute approximate surface area is 298 Å². The van der Waals surface area contributed by atoms with Crippen molar-refractivity contribution in [3.8, 4) is 0 Å². The smallest absolute Gasteiger partial charge is 0.305 e. The number of carbonyl (C=O) groups excluding carboxylic acids is 4. The van der Waals surface area contributed by atoms with Gasteiger partial charge >= 0.3 is 11.9 Å². The molecule has 0 aromatic carbocycles. The molecule has 2 unspecified atom stereocenters. The second-order valence-electron chi connectivity index (χ2n) is 13.7. The first-order chi connectivity index (χ1) is 23.9. The van der Waals surface area contributed by atoms with Crippen LogP contribution in [0.1, 0.15) is 186 Å². The summed E-state index contributed by atoms with van der Waals surface area (Å²) < 4.78 is 9.41. The minimum absolute atomic E-state index is 0.0165. The molecule has 2 amide bonds. The summed E-state index contributed by atoms with van der Waals surface area (Å²) in [6.07, 6.45) is 26.2. The van der Waals surface area contributed by atoms with Crippen LogP contribution in [0.2, 0.25) is 0 Å². The molecule has 0 heterocycles. The molecule has 288 valence electrons. The van der Waals surface area contributed by atoms with E-state index in [0.717, 1.165) is 154 Å². The molecule has 10 heteroatoms. The maximum atomic E-state index is 12.9. The molecule has 0 rings (SSSR count). The Hall–Kier alpha value is -2.20. The number of rotatable bonds is 36. The van der Waals surface area contributed by atoms with Gasteiger partial charge in [-0.3, -0.25) is 19.2 Å². The fourth-order valence-electron chi connectivity index (χ4n) is 6.24. The summed E-state index contributed by atoms with van der Waals surface area (Å²) in [5.74, 6) is -0.278. The standard InChI is InChI=1S/C39H74N2O8/c1-48-38(46)30-19-11-3-7-15-24-34(26-17-9-5-13-21-32-42)40-36(44)28-23-29-37(45)41-35(27-18-10-6-14-22-33-43)25-16-8-4-12-20-31-39(47)49-2/h34-35,42-43H,3-33H2,1-2H3,(H,40,44)(H,41,45). The normalized spacial score (nSPS) is 12.3. The number of aliphatic hydroxyl groups is 2. The van der Waals surface area contributed by atoms with Gasteiger partial charge in [-0.05, 0) is 57.8 Å². The fraction of sp³-hybridized carbons (Fsp3) is 0.897. The summed E-state index contributed by atoms with van der Waals surface area (Å²) in [4.78, 5) is 48.4. The van der Waals surface area contributed by atoms with Crippen LogP contribution in [0.4, 0.5) is 0 Å². The predicted molar refractivity (Wildman–Crippen MR) is 196 cm³/mol. The van der Waals surface area contributed by atoms with Gasteiger partial charge in [-0.15, -0.1) is 0 Å². The molecular weight excluding hydrogens is 624 g/mol. The molecule has 2 atom stereocenters. The van der Waals surface area contributed by atoms with E-state index in [0.29, 0.717) is 32.1 Å². The zero-order valence-corrected chi connectivity index (χ0v) is 31.4. The van der Waals surface area contributed by atoms with E-state index in [2.05, 4.69) is 10.6 Å². The number of unbranched alkanes of at least 4 members (excludes halogenated alkanes) is 16. The van der Waals surface area contributed by atoms with Crippen molar-refractivity contribution in [3.05, 3.63) is 0 Å². The first-order valence-corrected chi connectivity index (χ1v) is 19.8. The van der Waals surface area contributed by atoms with Crippen LogP contribution in [-0.2, 0) is 28.7 Å². The predicted octanol–water partition coefficient (Wildman–Crippen LogP) is 7.60. The van der Waals surface area contributed by atoms with Gasteiger partial charge in [0.2, 0.25) is 11.8 Å². The summed E-state index contributed by atoms with van der Waals surface area (Å²) >= 11 is 0. The topological polar surface area (TPSA) is 151 Å². The third-order valence-corrected chi connectivity index (χ3v) is 9.28. The van der Waals surface area contributed by atoms with Gasteiger partial charge in [-0.2, -0.15) is 0 Å². The molecule has 0 radical (unpaired) electrons. The number of carbonyl (C=O) groups is 4. The first-order valence-electron chi connectivity index (χ1n) is 19.8. The van der Waals surface area contributed by atoms with E-state index in [9.17, 15) is 19.2 Å². The van der Waals surface area contributed by atoms with E-state index in [1.54, 1.807) is 0 Å². The van der Waals surface area contributed by atoms with E-state index in [1.165, 1.54) is 14.2 Å². The number of aliphatic hydroxyl groups excluding tert-OH is 2. The van der Waals surface area contributed by atoms with Gasteiger partial charge in [0.05, 0.1) is 14.2 Å². The molecule has 0 aromatic heterocycles. The van der Waals surface area contributed by atoms with Crippen LogP contribution >= 0.6 is 0 Å². The highest BCUT2D eigenvalue weighted by atomic mass is 16.5. The molecule has 0 aliphatic rings. The molecule has 0 aliphatic heterocycles. The second-order valence-corrected chi connectivity index (χ2v) is 13.7. The highest BCUT2D eigenvalue weighted by Gasteiger charge is 2.15. The van der Waals surface area contributed by atoms with Crippen LogP contribution in [0.5, 0.6) is 0 Å². The monoisotopic (exact) mass is 699 g/mol. The Morgan fingerprint density at radius 3 is 1.00 bits per heavy atom. The summed E-state index contributed by atoms with van der Waals surface area (Å²) in [5.41, 5.74) is 0. The molecule has 0 spiro atoms. The van der Waals surface area contributed by atoms with Crippen molar-refractivity contribution in [2.75, 3.05) is 27.4 Å². The Balaban J connectivity index is 4.62. The molecule has 10 nitrogen and oxygen atoms in total. The highest BCUT2D eigenvalue weighted by molar-refractivity contribution is 5.79. The van der Waals surface area contributed by atoms with Crippen LogP contribution in [-0.4, -0.2) is 73.5 Å². The van der Waals surface area contributed by atoms with Crippen molar-refractivity contribution in [1.82, 2.24) is 10.6 Å². The Kier molecular flexibility index (Phi) is 34.0. The Morgan fingerprint density at radius 2 is 0.694 bits per heavy atom. The van der Waals surface area contributed by atoms with Gasteiger partial charge in [-0.25, -0.2) is 0 Å². The number of hydrogen-bond acceptors (Lipinski definition) is 8. The van der Waals surface area contributed by atoms with Gasteiger partial charge in [-0.1, -0.05) is 103 Å². The van der Waals surface area contributed by atoms with Crippen LogP contribution in [0.15, 0.2) is 0 Å². The maximum Gasteiger partial charge on any atom is 0.305 e. The minimum Gasteiger partial charge on any atom is -0.469 e. The lowest BCUT2D eigenvalue weighted by molar-refractivity contribution is -0.141. The molecule has 0 fully saturated rings. The van der Waals surface area contributed by atoms with Gasteiger partial charge < -0.3 is 30.3 Å². The number of methoxy groups -OCH3 is 2. The molecule has 49 heavy (non-hydrogen) atoms. The molecule has 4 N–H and O–H groups in total. The number of nitrogens with one attached hydrogen (secondary N) is 2. The molecule has 0 saturated carbocycles. The maximum absolute atomic E-state index is 12.9.